The van der Waals surface area contributed by atoms with E-state index in [2.05, 4.69) is 5.32 Å². The molecular weight excluding hydrogens is 286 g/mol. The minimum Gasteiger partial charge on any atom is -0.497 e. The summed E-state index contributed by atoms with van der Waals surface area (Å²) in [6, 6.07) is 5.05. The Balaban J connectivity index is 1.87. The summed E-state index contributed by atoms with van der Waals surface area (Å²) in [5.74, 6) is 0.379. The summed E-state index contributed by atoms with van der Waals surface area (Å²) in [5, 5.41) is 2.66. The second-order valence-corrected chi connectivity index (χ2v) is 5.20. The SMILES string of the molecule is COc1ccc(NC(=O)COC(=O)C2CCCC2)c(OC)c1. The van der Waals surface area contributed by atoms with Gasteiger partial charge in [-0.1, -0.05) is 12.8 Å². The Morgan fingerprint density at radius 2 is 1.91 bits per heavy atom. The van der Waals surface area contributed by atoms with Crippen molar-refractivity contribution in [1.29, 1.82) is 0 Å². The highest BCUT2D eigenvalue weighted by Crippen LogP contribution is 2.29. The van der Waals surface area contributed by atoms with Crippen molar-refractivity contribution in [1.82, 2.24) is 0 Å². The predicted octanol–water partition coefficient (Wildman–Crippen LogP) is 2.38. The molecule has 120 valence electrons. The van der Waals surface area contributed by atoms with Crippen molar-refractivity contribution in [3.05, 3.63) is 18.2 Å². The summed E-state index contributed by atoms with van der Waals surface area (Å²) in [4.78, 5) is 23.6. The fourth-order valence-corrected chi connectivity index (χ4v) is 2.50. The van der Waals surface area contributed by atoms with E-state index >= 15 is 0 Å². The molecule has 0 heterocycles. The Morgan fingerprint density at radius 3 is 2.55 bits per heavy atom. The number of carbonyl (C=O) groups is 2. The van der Waals surface area contributed by atoms with Crippen molar-refractivity contribution >= 4 is 17.6 Å². The van der Waals surface area contributed by atoms with Crippen LogP contribution in [0.25, 0.3) is 0 Å². The van der Waals surface area contributed by atoms with E-state index in [0.717, 1.165) is 25.7 Å². The first-order valence-corrected chi connectivity index (χ1v) is 7.32. The summed E-state index contributed by atoms with van der Waals surface area (Å²) < 4.78 is 15.3. The zero-order valence-corrected chi connectivity index (χ0v) is 12.9. The minimum atomic E-state index is -0.394. The summed E-state index contributed by atoms with van der Waals surface area (Å²) >= 11 is 0. The normalized spacial score (nSPS) is 14.5. The molecule has 0 unspecified atom stereocenters. The van der Waals surface area contributed by atoms with Gasteiger partial charge in [-0.2, -0.15) is 0 Å². The zero-order valence-electron chi connectivity index (χ0n) is 12.9. The Labute approximate surface area is 129 Å². The van der Waals surface area contributed by atoms with Crippen LogP contribution in [0, 0.1) is 5.92 Å². The standard InChI is InChI=1S/C16H21NO5/c1-20-12-7-8-13(14(9-12)21-2)17-15(18)10-22-16(19)11-5-3-4-6-11/h7-9,11H,3-6,10H2,1-2H3,(H,17,18). The third kappa shape index (κ3) is 4.13. The van der Waals surface area contributed by atoms with Gasteiger partial charge in [-0.3, -0.25) is 9.59 Å². The van der Waals surface area contributed by atoms with Gasteiger partial charge in [0.1, 0.15) is 11.5 Å². The minimum absolute atomic E-state index is 0.0525. The molecule has 1 fully saturated rings. The molecular formula is C16H21NO5. The number of ether oxygens (including phenoxy) is 3. The molecule has 1 aliphatic rings. The number of esters is 1. The van der Waals surface area contributed by atoms with Crippen molar-refractivity contribution in [2.45, 2.75) is 25.7 Å². The first kappa shape index (κ1) is 16.1. The highest BCUT2D eigenvalue weighted by molar-refractivity contribution is 5.94. The lowest BCUT2D eigenvalue weighted by molar-refractivity contribution is -0.151. The van der Waals surface area contributed by atoms with Crippen LogP contribution in [-0.2, 0) is 14.3 Å². The Kier molecular flexibility index (Phi) is 5.63. The summed E-state index contributed by atoms with van der Waals surface area (Å²) in [6.45, 7) is -0.287. The molecule has 1 aromatic rings. The first-order chi connectivity index (χ1) is 10.6. The van der Waals surface area contributed by atoms with Gasteiger partial charge in [-0.25, -0.2) is 0 Å². The van der Waals surface area contributed by atoms with Crippen LogP contribution >= 0.6 is 0 Å². The monoisotopic (exact) mass is 307 g/mol. The molecule has 2 rings (SSSR count). The topological polar surface area (TPSA) is 73.9 Å². The van der Waals surface area contributed by atoms with Gasteiger partial charge in [0.15, 0.2) is 6.61 Å². The van der Waals surface area contributed by atoms with E-state index in [1.807, 2.05) is 0 Å². The average Bonchev–Trinajstić information content (AvgIpc) is 3.07. The Hall–Kier alpha value is -2.24. The molecule has 0 saturated heterocycles. The van der Waals surface area contributed by atoms with E-state index in [0.29, 0.717) is 17.2 Å². The fraction of sp³-hybridized carbons (Fsp3) is 0.500. The summed E-state index contributed by atoms with van der Waals surface area (Å²) in [5.41, 5.74) is 0.505. The molecule has 0 radical (unpaired) electrons. The van der Waals surface area contributed by atoms with E-state index in [9.17, 15) is 9.59 Å². The lowest BCUT2D eigenvalue weighted by Crippen LogP contribution is -2.24. The van der Waals surface area contributed by atoms with E-state index in [4.69, 9.17) is 14.2 Å². The van der Waals surface area contributed by atoms with Gasteiger partial charge in [0.2, 0.25) is 0 Å². The maximum absolute atomic E-state index is 11.9. The third-order valence-electron chi connectivity index (χ3n) is 3.72. The number of methoxy groups -OCH3 is 2. The van der Waals surface area contributed by atoms with Crippen LogP contribution in [0.4, 0.5) is 5.69 Å². The number of rotatable bonds is 6. The van der Waals surface area contributed by atoms with Gasteiger partial charge in [0.25, 0.3) is 5.91 Å². The largest absolute Gasteiger partial charge is 0.497 e. The van der Waals surface area contributed by atoms with Gasteiger partial charge < -0.3 is 19.5 Å². The molecule has 0 spiro atoms. The molecule has 6 heteroatoms. The second kappa shape index (κ2) is 7.68. The van der Waals surface area contributed by atoms with Crippen molar-refractivity contribution < 1.29 is 23.8 Å². The van der Waals surface area contributed by atoms with Crippen molar-refractivity contribution in [3.63, 3.8) is 0 Å². The summed E-state index contributed by atoms with van der Waals surface area (Å²) in [7, 11) is 3.06. The predicted molar refractivity (Wildman–Crippen MR) is 81.1 cm³/mol. The van der Waals surface area contributed by atoms with Gasteiger partial charge in [-0.05, 0) is 25.0 Å². The molecule has 0 aromatic heterocycles. The van der Waals surface area contributed by atoms with Gasteiger partial charge in [0.05, 0.1) is 25.8 Å². The highest BCUT2D eigenvalue weighted by atomic mass is 16.5. The van der Waals surface area contributed by atoms with Crippen molar-refractivity contribution in [2.75, 3.05) is 26.1 Å². The van der Waals surface area contributed by atoms with Crippen molar-refractivity contribution in [3.8, 4) is 11.5 Å². The molecule has 1 aromatic carbocycles. The third-order valence-corrected chi connectivity index (χ3v) is 3.72. The maximum Gasteiger partial charge on any atom is 0.309 e. The Morgan fingerprint density at radius 1 is 1.18 bits per heavy atom. The van der Waals surface area contributed by atoms with E-state index in [1.165, 1.54) is 7.11 Å². The number of anilines is 1. The molecule has 1 amide bonds. The van der Waals surface area contributed by atoms with E-state index < -0.39 is 5.91 Å². The van der Waals surface area contributed by atoms with E-state index in [-0.39, 0.29) is 18.5 Å². The van der Waals surface area contributed by atoms with Gasteiger partial charge >= 0.3 is 5.97 Å². The number of hydrogen-bond donors (Lipinski definition) is 1. The number of carbonyl (C=O) groups excluding carboxylic acids is 2. The lowest BCUT2D eigenvalue weighted by atomic mass is 10.1. The lowest BCUT2D eigenvalue weighted by Gasteiger charge is -2.12. The number of amides is 1. The highest BCUT2D eigenvalue weighted by Gasteiger charge is 2.24. The first-order valence-electron chi connectivity index (χ1n) is 7.32. The van der Waals surface area contributed by atoms with Crippen LogP contribution in [0.3, 0.4) is 0 Å². The Bertz CT molecular complexity index is 537. The smallest absolute Gasteiger partial charge is 0.309 e. The number of hydrogen-bond acceptors (Lipinski definition) is 5. The maximum atomic E-state index is 11.9. The quantitative estimate of drug-likeness (QED) is 0.817. The van der Waals surface area contributed by atoms with Crippen LogP contribution in [0.1, 0.15) is 25.7 Å². The van der Waals surface area contributed by atoms with Crippen LogP contribution in [0.5, 0.6) is 11.5 Å². The zero-order chi connectivity index (χ0) is 15.9. The van der Waals surface area contributed by atoms with Gasteiger partial charge in [-0.15, -0.1) is 0 Å². The summed E-state index contributed by atoms with van der Waals surface area (Å²) in [6.07, 6.45) is 3.81. The molecule has 1 N–H and O–H groups in total. The molecule has 22 heavy (non-hydrogen) atoms. The van der Waals surface area contributed by atoms with Crippen molar-refractivity contribution in [2.24, 2.45) is 5.92 Å². The fourth-order valence-electron chi connectivity index (χ4n) is 2.50. The molecule has 1 aliphatic carbocycles. The molecule has 1 saturated carbocycles. The number of nitrogens with one attached hydrogen (secondary N) is 1. The van der Waals surface area contributed by atoms with Gasteiger partial charge in [0, 0.05) is 6.07 Å². The average molecular weight is 307 g/mol. The molecule has 6 nitrogen and oxygen atoms in total. The van der Waals surface area contributed by atoms with E-state index in [1.54, 1.807) is 25.3 Å². The molecule has 0 aliphatic heterocycles. The van der Waals surface area contributed by atoms with Crippen LogP contribution in [-0.4, -0.2) is 32.7 Å². The number of benzene rings is 1. The van der Waals surface area contributed by atoms with Crippen LogP contribution < -0.4 is 14.8 Å². The van der Waals surface area contributed by atoms with Crippen LogP contribution in [0.15, 0.2) is 18.2 Å². The van der Waals surface area contributed by atoms with Crippen LogP contribution in [0.2, 0.25) is 0 Å². The molecule has 0 bridgehead atoms. The molecule has 0 atom stereocenters. The second-order valence-electron chi connectivity index (χ2n) is 5.20.